The summed E-state index contributed by atoms with van der Waals surface area (Å²) in [6.07, 6.45) is 5.14. The minimum absolute atomic E-state index is 0.171. The van der Waals surface area contributed by atoms with E-state index in [-0.39, 0.29) is 5.12 Å². The van der Waals surface area contributed by atoms with Crippen molar-refractivity contribution >= 4 is 16.9 Å². The molecule has 0 aromatic rings. The third-order valence-electron chi connectivity index (χ3n) is 2.01. The Labute approximate surface area is 76.7 Å². The highest BCUT2D eigenvalue weighted by Gasteiger charge is 2.28. The van der Waals surface area contributed by atoms with Crippen LogP contribution < -0.4 is 0 Å². The molecule has 1 rings (SSSR count). The van der Waals surface area contributed by atoms with Crippen molar-refractivity contribution in [3.8, 4) is 11.8 Å². The van der Waals surface area contributed by atoms with E-state index < -0.39 is 5.60 Å². The van der Waals surface area contributed by atoms with Crippen LogP contribution in [0.25, 0.3) is 0 Å². The number of carbonyl (C=O) groups is 1. The lowest BCUT2D eigenvalue weighted by Gasteiger charge is -2.12. The fourth-order valence-electron chi connectivity index (χ4n) is 1.30. The Morgan fingerprint density at radius 2 is 2.08 bits per heavy atom. The zero-order valence-electron chi connectivity index (χ0n) is 7.09. The van der Waals surface area contributed by atoms with Crippen LogP contribution >= 0.6 is 11.8 Å². The Morgan fingerprint density at radius 1 is 1.50 bits per heavy atom. The average molecular weight is 184 g/mol. The standard InChI is InChI=1S/C9H12O2S/c1-12-8(10)4-7-9(11)5-2-3-6-9/h11H,2-3,5-6H2,1H3. The largest absolute Gasteiger partial charge is 0.378 e. The molecular formula is C9H12O2S. The molecule has 2 nitrogen and oxygen atoms in total. The quantitative estimate of drug-likeness (QED) is 0.574. The molecule has 1 aliphatic rings. The number of hydrogen-bond donors (Lipinski definition) is 1. The molecule has 0 spiro atoms. The molecular weight excluding hydrogens is 172 g/mol. The van der Waals surface area contributed by atoms with E-state index in [9.17, 15) is 9.90 Å². The van der Waals surface area contributed by atoms with E-state index in [0.717, 1.165) is 24.6 Å². The van der Waals surface area contributed by atoms with Crippen molar-refractivity contribution < 1.29 is 9.90 Å². The van der Waals surface area contributed by atoms with E-state index in [1.54, 1.807) is 6.26 Å². The van der Waals surface area contributed by atoms with Crippen LogP contribution in [0.4, 0.5) is 0 Å². The summed E-state index contributed by atoms with van der Waals surface area (Å²) in [5, 5.41) is 9.53. The van der Waals surface area contributed by atoms with Crippen LogP contribution in [0, 0.1) is 11.8 Å². The first-order valence-corrected chi connectivity index (χ1v) is 5.22. The maximum absolute atomic E-state index is 10.8. The van der Waals surface area contributed by atoms with Gasteiger partial charge in [0.1, 0.15) is 5.60 Å². The van der Waals surface area contributed by atoms with Gasteiger partial charge in [0.05, 0.1) is 0 Å². The minimum atomic E-state index is -0.870. The molecule has 1 aliphatic carbocycles. The Hall–Kier alpha value is -0.460. The summed E-state index contributed by atoms with van der Waals surface area (Å²) in [7, 11) is 0. The van der Waals surface area contributed by atoms with Crippen molar-refractivity contribution in [1.29, 1.82) is 0 Å². The van der Waals surface area contributed by atoms with Gasteiger partial charge in [0.2, 0.25) is 0 Å². The molecule has 0 unspecified atom stereocenters. The Kier molecular flexibility index (Phi) is 3.19. The van der Waals surface area contributed by atoms with Gasteiger partial charge in [-0.1, -0.05) is 17.7 Å². The normalized spacial score (nSPS) is 19.8. The number of thioether (sulfide) groups is 1. The molecule has 0 atom stereocenters. The number of rotatable bonds is 0. The lowest BCUT2D eigenvalue weighted by molar-refractivity contribution is -0.106. The predicted octanol–water partition coefficient (Wildman–Crippen LogP) is 1.18. The van der Waals surface area contributed by atoms with Gasteiger partial charge in [-0.2, -0.15) is 0 Å². The maximum atomic E-state index is 10.8. The van der Waals surface area contributed by atoms with Crippen molar-refractivity contribution in [3.63, 3.8) is 0 Å². The van der Waals surface area contributed by atoms with Crippen LogP contribution in [0.3, 0.4) is 0 Å². The average Bonchev–Trinajstić information content (AvgIpc) is 2.49. The summed E-state index contributed by atoms with van der Waals surface area (Å²) in [6.45, 7) is 0. The second-order valence-electron chi connectivity index (χ2n) is 2.98. The molecule has 0 amide bonds. The molecule has 66 valence electrons. The van der Waals surface area contributed by atoms with Gasteiger partial charge in [-0.15, -0.1) is 0 Å². The monoisotopic (exact) mass is 184 g/mol. The first kappa shape index (κ1) is 9.63. The van der Waals surface area contributed by atoms with E-state index in [0.29, 0.717) is 12.8 Å². The number of carbonyl (C=O) groups excluding carboxylic acids is 1. The lowest BCUT2D eigenvalue weighted by atomic mass is 10.0. The zero-order valence-corrected chi connectivity index (χ0v) is 7.91. The van der Waals surface area contributed by atoms with Gasteiger partial charge in [0.15, 0.2) is 0 Å². The van der Waals surface area contributed by atoms with Crippen LogP contribution in [0.5, 0.6) is 0 Å². The van der Waals surface area contributed by atoms with E-state index in [1.165, 1.54) is 0 Å². The third kappa shape index (κ3) is 2.54. The highest BCUT2D eigenvalue weighted by atomic mass is 32.2. The lowest BCUT2D eigenvalue weighted by Crippen LogP contribution is -2.21. The molecule has 0 bridgehead atoms. The Balaban J connectivity index is 2.57. The van der Waals surface area contributed by atoms with Crippen LogP contribution in [-0.2, 0) is 4.79 Å². The smallest absolute Gasteiger partial charge is 0.262 e. The zero-order chi connectivity index (χ0) is 9.03. The van der Waals surface area contributed by atoms with Crippen molar-refractivity contribution in [2.75, 3.05) is 6.26 Å². The first-order valence-electron chi connectivity index (χ1n) is 4.00. The van der Waals surface area contributed by atoms with Crippen molar-refractivity contribution in [3.05, 3.63) is 0 Å². The third-order valence-corrected chi connectivity index (χ3v) is 2.49. The van der Waals surface area contributed by atoms with Crippen LogP contribution in [0.2, 0.25) is 0 Å². The number of hydrogen-bond acceptors (Lipinski definition) is 3. The summed E-state index contributed by atoms with van der Waals surface area (Å²) in [6, 6.07) is 0. The second kappa shape index (κ2) is 3.97. The van der Waals surface area contributed by atoms with Gasteiger partial charge < -0.3 is 5.11 Å². The topological polar surface area (TPSA) is 37.3 Å². The summed E-state index contributed by atoms with van der Waals surface area (Å²) in [4.78, 5) is 10.8. The molecule has 0 aromatic heterocycles. The molecule has 12 heavy (non-hydrogen) atoms. The highest BCUT2D eigenvalue weighted by molar-refractivity contribution is 8.13. The Morgan fingerprint density at radius 3 is 2.58 bits per heavy atom. The van der Waals surface area contributed by atoms with Crippen LogP contribution in [0.1, 0.15) is 25.7 Å². The predicted molar refractivity (Wildman–Crippen MR) is 49.7 cm³/mol. The van der Waals surface area contributed by atoms with Gasteiger partial charge in [-0.25, -0.2) is 0 Å². The summed E-state index contributed by atoms with van der Waals surface area (Å²) in [5.41, 5.74) is -0.870. The molecule has 1 N–H and O–H groups in total. The highest BCUT2D eigenvalue weighted by Crippen LogP contribution is 2.28. The Bertz CT molecular complexity index is 231. The van der Waals surface area contributed by atoms with Crippen molar-refractivity contribution in [1.82, 2.24) is 0 Å². The van der Waals surface area contributed by atoms with Gasteiger partial charge in [0.25, 0.3) is 5.12 Å². The van der Waals surface area contributed by atoms with Crippen molar-refractivity contribution in [2.24, 2.45) is 0 Å². The van der Waals surface area contributed by atoms with Gasteiger partial charge in [-0.3, -0.25) is 4.79 Å². The minimum Gasteiger partial charge on any atom is -0.378 e. The molecule has 0 aromatic carbocycles. The van der Waals surface area contributed by atoms with Gasteiger partial charge >= 0.3 is 0 Å². The fraction of sp³-hybridized carbons (Fsp3) is 0.667. The molecule has 1 saturated carbocycles. The van der Waals surface area contributed by atoms with E-state index in [1.807, 2.05) is 0 Å². The molecule has 0 saturated heterocycles. The van der Waals surface area contributed by atoms with E-state index >= 15 is 0 Å². The van der Waals surface area contributed by atoms with E-state index in [2.05, 4.69) is 11.8 Å². The summed E-state index contributed by atoms with van der Waals surface area (Å²) >= 11 is 1.08. The molecule has 0 radical (unpaired) electrons. The van der Waals surface area contributed by atoms with Gasteiger partial charge in [0, 0.05) is 0 Å². The second-order valence-corrected chi connectivity index (χ2v) is 3.76. The van der Waals surface area contributed by atoms with Crippen LogP contribution in [-0.4, -0.2) is 22.1 Å². The first-order chi connectivity index (χ1) is 5.66. The fourth-order valence-corrected chi connectivity index (χ4v) is 1.46. The van der Waals surface area contributed by atoms with Crippen molar-refractivity contribution in [2.45, 2.75) is 31.3 Å². The van der Waals surface area contributed by atoms with Gasteiger partial charge in [-0.05, 0) is 37.9 Å². The molecule has 1 fully saturated rings. The number of aliphatic hydroxyl groups is 1. The molecule has 3 heteroatoms. The SMILES string of the molecule is CSC(=O)C#CC1(O)CCCC1. The molecule has 0 aliphatic heterocycles. The molecule has 0 heterocycles. The van der Waals surface area contributed by atoms with E-state index in [4.69, 9.17) is 0 Å². The summed E-state index contributed by atoms with van der Waals surface area (Å²) in [5.74, 6) is 5.08. The summed E-state index contributed by atoms with van der Waals surface area (Å²) < 4.78 is 0. The van der Waals surface area contributed by atoms with Crippen LogP contribution in [0.15, 0.2) is 0 Å². The maximum Gasteiger partial charge on any atom is 0.262 e.